The van der Waals surface area contributed by atoms with Gasteiger partial charge in [-0.3, -0.25) is 0 Å². The van der Waals surface area contributed by atoms with E-state index >= 15 is 0 Å². The van der Waals surface area contributed by atoms with Gasteiger partial charge in [-0.15, -0.1) is 0 Å². The molecule has 1 atom stereocenters. The molecule has 0 radical (unpaired) electrons. The highest BCUT2D eigenvalue weighted by molar-refractivity contribution is 5.67. The second-order valence-electron chi connectivity index (χ2n) is 9.67. The van der Waals surface area contributed by atoms with E-state index in [0.29, 0.717) is 17.4 Å². The highest BCUT2D eigenvalue weighted by Crippen LogP contribution is 2.40. The number of ether oxygens (including phenoxy) is 1. The van der Waals surface area contributed by atoms with Crippen molar-refractivity contribution in [3.63, 3.8) is 0 Å². The van der Waals surface area contributed by atoms with Crippen molar-refractivity contribution in [3.8, 4) is 17.0 Å². The SMILES string of the molecule is Cc1cc(-c2cn(CC3CNC3)c(C3CCN(c4ncnc5c4OC(C)N5)CC3)n2)ccc1F. The minimum atomic E-state index is -0.180. The standard InChI is InChI=1S/C25H30FN7O/c1-15-9-19(3-4-20(15)26)21-13-33(12-17-10-27-11-17)24(31-21)18-5-7-32(8-6-18)25-22-23(28-14-29-25)30-16(2)34-22/h3-4,9,13-14,16-18,27H,5-8,10-12H2,1-2H3,(H,28,29,30). The Labute approximate surface area is 198 Å². The molecule has 3 aliphatic rings. The molecule has 0 saturated carbocycles. The summed E-state index contributed by atoms with van der Waals surface area (Å²) in [6, 6.07) is 5.26. The molecule has 2 saturated heterocycles. The molecule has 34 heavy (non-hydrogen) atoms. The number of benzene rings is 1. The number of nitrogens with zero attached hydrogens (tertiary/aromatic N) is 5. The Bertz CT molecular complexity index is 1200. The Morgan fingerprint density at radius 2 is 2.00 bits per heavy atom. The highest BCUT2D eigenvalue weighted by Gasteiger charge is 2.31. The summed E-state index contributed by atoms with van der Waals surface area (Å²) in [5.74, 6) is 4.35. The monoisotopic (exact) mass is 463 g/mol. The molecule has 9 heteroatoms. The summed E-state index contributed by atoms with van der Waals surface area (Å²) < 4.78 is 22.1. The minimum Gasteiger partial charge on any atom is -0.463 e. The Balaban J connectivity index is 1.24. The summed E-state index contributed by atoms with van der Waals surface area (Å²) in [6.07, 6.45) is 5.65. The molecular weight excluding hydrogens is 433 g/mol. The second kappa shape index (κ2) is 8.54. The molecule has 3 aromatic rings. The topological polar surface area (TPSA) is 80.1 Å². The number of piperidine rings is 1. The van der Waals surface area contributed by atoms with E-state index in [1.165, 1.54) is 6.07 Å². The predicted octanol–water partition coefficient (Wildman–Crippen LogP) is 3.54. The minimum absolute atomic E-state index is 0.0926. The van der Waals surface area contributed by atoms with Crippen molar-refractivity contribution in [1.29, 1.82) is 0 Å². The molecule has 5 heterocycles. The first kappa shape index (κ1) is 21.3. The maximum absolute atomic E-state index is 13.8. The van der Waals surface area contributed by atoms with Crippen LogP contribution in [-0.4, -0.2) is 51.9 Å². The van der Waals surface area contributed by atoms with Gasteiger partial charge in [-0.2, -0.15) is 0 Å². The summed E-state index contributed by atoms with van der Waals surface area (Å²) in [4.78, 5) is 16.2. The van der Waals surface area contributed by atoms with Gasteiger partial charge in [-0.1, -0.05) is 0 Å². The van der Waals surface area contributed by atoms with Crippen molar-refractivity contribution >= 4 is 11.6 Å². The van der Waals surface area contributed by atoms with Crippen LogP contribution in [0.3, 0.4) is 0 Å². The molecule has 2 fully saturated rings. The Hall–Kier alpha value is -3.20. The average molecular weight is 464 g/mol. The van der Waals surface area contributed by atoms with Gasteiger partial charge >= 0.3 is 0 Å². The zero-order chi connectivity index (χ0) is 23.2. The lowest BCUT2D eigenvalue weighted by molar-refractivity contribution is 0.273. The predicted molar refractivity (Wildman–Crippen MR) is 129 cm³/mol. The first-order valence-corrected chi connectivity index (χ1v) is 12.1. The number of hydrogen-bond acceptors (Lipinski definition) is 7. The Morgan fingerprint density at radius 3 is 2.74 bits per heavy atom. The van der Waals surface area contributed by atoms with Gasteiger partial charge in [0.25, 0.3) is 0 Å². The van der Waals surface area contributed by atoms with Crippen LogP contribution in [0.2, 0.25) is 0 Å². The van der Waals surface area contributed by atoms with Crippen molar-refractivity contribution in [3.05, 3.63) is 47.9 Å². The fourth-order valence-electron chi connectivity index (χ4n) is 5.15. The van der Waals surface area contributed by atoms with Crippen molar-refractivity contribution in [2.24, 2.45) is 5.92 Å². The molecule has 178 valence electrons. The smallest absolute Gasteiger partial charge is 0.207 e. The summed E-state index contributed by atoms with van der Waals surface area (Å²) >= 11 is 0. The van der Waals surface area contributed by atoms with E-state index < -0.39 is 0 Å². The van der Waals surface area contributed by atoms with Crippen molar-refractivity contribution in [2.45, 2.75) is 45.4 Å². The van der Waals surface area contributed by atoms with E-state index in [-0.39, 0.29) is 12.0 Å². The average Bonchev–Trinajstić information content (AvgIpc) is 3.41. The fraction of sp³-hybridized carbons (Fsp3) is 0.480. The molecule has 2 N–H and O–H groups in total. The van der Waals surface area contributed by atoms with Gasteiger partial charge < -0.3 is 24.8 Å². The molecule has 2 aromatic heterocycles. The van der Waals surface area contributed by atoms with E-state index in [1.807, 2.05) is 19.1 Å². The summed E-state index contributed by atoms with van der Waals surface area (Å²) in [5.41, 5.74) is 2.54. The van der Waals surface area contributed by atoms with E-state index in [2.05, 4.69) is 36.3 Å². The number of halogens is 1. The normalized spacial score (nSPS) is 20.6. The molecule has 1 aromatic carbocycles. The lowest BCUT2D eigenvalue weighted by Crippen LogP contribution is -2.44. The van der Waals surface area contributed by atoms with Crippen LogP contribution >= 0.6 is 0 Å². The largest absolute Gasteiger partial charge is 0.463 e. The van der Waals surface area contributed by atoms with Gasteiger partial charge in [0.05, 0.1) is 5.69 Å². The lowest BCUT2D eigenvalue weighted by atomic mass is 9.95. The van der Waals surface area contributed by atoms with Crippen LogP contribution in [0.1, 0.15) is 37.1 Å². The summed E-state index contributed by atoms with van der Waals surface area (Å²) in [6.45, 7) is 8.60. The number of hydrogen-bond donors (Lipinski definition) is 2. The summed E-state index contributed by atoms with van der Waals surface area (Å²) in [5, 5.41) is 6.60. The first-order chi connectivity index (χ1) is 16.5. The van der Waals surface area contributed by atoms with Gasteiger partial charge in [0.15, 0.2) is 17.9 Å². The van der Waals surface area contributed by atoms with Crippen LogP contribution in [0, 0.1) is 18.7 Å². The van der Waals surface area contributed by atoms with E-state index in [0.717, 1.165) is 80.0 Å². The fourth-order valence-corrected chi connectivity index (χ4v) is 5.15. The Kier molecular flexibility index (Phi) is 5.36. The van der Waals surface area contributed by atoms with E-state index in [4.69, 9.17) is 9.72 Å². The first-order valence-electron chi connectivity index (χ1n) is 12.1. The maximum Gasteiger partial charge on any atom is 0.207 e. The van der Waals surface area contributed by atoms with Gasteiger partial charge in [0.2, 0.25) is 5.75 Å². The molecule has 6 rings (SSSR count). The molecule has 0 amide bonds. The number of fused-ring (bicyclic) bond motifs is 1. The van der Waals surface area contributed by atoms with Crippen molar-refractivity contribution < 1.29 is 9.13 Å². The van der Waals surface area contributed by atoms with E-state index in [9.17, 15) is 4.39 Å². The highest BCUT2D eigenvalue weighted by atomic mass is 19.1. The number of imidazole rings is 1. The van der Waals surface area contributed by atoms with Gasteiger partial charge in [0, 0.05) is 56.3 Å². The molecule has 8 nitrogen and oxygen atoms in total. The third-order valence-corrected chi connectivity index (χ3v) is 7.16. The molecule has 0 bridgehead atoms. The third-order valence-electron chi connectivity index (χ3n) is 7.16. The number of aryl methyl sites for hydroxylation is 1. The van der Waals surface area contributed by atoms with E-state index in [1.54, 1.807) is 13.3 Å². The quantitative estimate of drug-likeness (QED) is 0.599. The number of nitrogens with one attached hydrogen (secondary N) is 2. The molecule has 0 spiro atoms. The van der Waals surface area contributed by atoms with Crippen LogP contribution in [0.5, 0.6) is 5.75 Å². The van der Waals surface area contributed by atoms with Crippen LogP contribution < -0.4 is 20.3 Å². The zero-order valence-corrected chi connectivity index (χ0v) is 19.6. The lowest BCUT2D eigenvalue weighted by Gasteiger charge is -2.34. The Morgan fingerprint density at radius 1 is 1.18 bits per heavy atom. The second-order valence-corrected chi connectivity index (χ2v) is 9.67. The van der Waals surface area contributed by atoms with Crippen LogP contribution in [0.15, 0.2) is 30.7 Å². The number of anilines is 2. The molecule has 3 aliphatic heterocycles. The van der Waals surface area contributed by atoms with Crippen molar-refractivity contribution in [2.75, 3.05) is 36.4 Å². The number of aromatic nitrogens is 4. The van der Waals surface area contributed by atoms with Gasteiger partial charge in [-0.25, -0.2) is 19.3 Å². The third kappa shape index (κ3) is 3.87. The van der Waals surface area contributed by atoms with Gasteiger partial charge in [0.1, 0.15) is 18.0 Å². The zero-order valence-electron chi connectivity index (χ0n) is 19.6. The van der Waals surface area contributed by atoms with Gasteiger partial charge in [-0.05, 0) is 50.5 Å². The van der Waals surface area contributed by atoms with Crippen LogP contribution in [0.4, 0.5) is 16.0 Å². The molecular formula is C25H30FN7O. The summed E-state index contributed by atoms with van der Waals surface area (Å²) in [7, 11) is 0. The number of rotatable bonds is 5. The van der Waals surface area contributed by atoms with Crippen LogP contribution in [0.25, 0.3) is 11.3 Å². The van der Waals surface area contributed by atoms with Crippen molar-refractivity contribution in [1.82, 2.24) is 24.8 Å². The molecule has 1 unspecified atom stereocenters. The molecule has 0 aliphatic carbocycles. The maximum atomic E-state index is 13.8. The van der Waals surface area contributed by atoms with Crippen LogP contribution in [-0.2, 0) is 6.54 Å².